The molecule has 128 valence electrons. The minimum Gasteiger partial charge on any atom is -0.373 e. The van der Waals surface area contributed by atoms with Crippen molar-refractivity contribution in [1.29, 1.82) is 0 Å². The molecule has 1 heterocycles. The molecule has 0 spiro atoms. The van der Waals surface area contributed by atoms with Crippen molar-refractivity contribution in [2.24, 2.45) is 5.73 Å². The van der Waals surface area contributed by atoms with Crippen LogP contribution >= 0.6 is 24.8 Å². The Balaban J connectivity index is 0. The molecule has 0 saturated carbocycles. The lowest BCUT2D eigenvalue weighted by Crippen LogP contribution is -2.58. The fourth-order valence-corrected chi connectivity index (χ4v) is 2.46. The number of ether oxygens (including phenoxy) is 1. The summed E-state index contributed by atoms with van der Waals surface area (Å²) < 4.78 is 5.74. The van der Waals surface area contributed by atoms with Gasteiger partial charge in [-0.25, -0.2) is 0 Å². The van der Waals surface area contributed by atoms with Crippen molar-refractivity contribution in [1.82, 2.24) is 10.2 Å². The van der Waals surface area contributed by atoms with Crippen LogP contribution in [0.4, 0.5) is 0 Å². The maximum absolute atomic E-state index is 11.7. The molecule has 0 aliphatic carbocycles. The molecule has 1 fully saturated rings. The number of carbonyl (C=O) groups is 1. The molecule has 3 N–H and O–H groups in total. The zero-order valence-electron chi connectivity index (χ0n) is 13.7. The van der Waals surface area contributed by atoms with E-state index < -0.39 is 0 Å². The van der Waals surface area contributed by atoms with Crippen molar-refractivity contribution in [3.8, 4) is 0 Å². The predicted octanol–water partition coefficient (Wildman–Crippen LogP) is 1.57. The summed E-state index contributed by atoms with van der Waals surface area (Å²) >= 11 is 0. The lowest BCUT2D eigenvalue weighted by molar-refractivity contribution is -0.123. The normalized spacial score (nSPS) is 24.5. The molecular weight excluding hydrogens is 313 g/mol. The van der Waals surface area contributed by atoms with Crippen molar-refractivity contribution in [2.75, 3.05) is 19.6 Å². The summed E-state index contributed by atoms with van der Waals surface area (Å²) in [5.74, 6) is 0.0254. The lowest BCUT2D eigenvalue weighted by Gasteiger charge is -2.45. The highest BCUT2D eigenvalue weighted by Gasteiger charge is 2.33. The van der Waals surface area contributed by atoms with Crippen molar-refractivity contribution in [3.05, 3.63) is 0 Å². The maximum atomic E-state index is 11.7. The standard InChI is InChI=1S/C14H29N3O2.2ClH/c1-10(15)6-13(18)16-9-14(4,5)17-7-11(2)19-12(3)8-17;;/h10-12H,6-9,15H2,1-5H3,(H,16,18);2*1H. The van der Waals surface area contributed by atoms with Gasteiger partial charge < -0.3 is 15.8 Å². The first-order valence-corrected chi connectivity index (χ1v) is 7.13. The van der Waals surface area contributed by atoms with Gasteiger partial charge in [-0.05, 0) is 34.6 Å². The summed E-state index contributed by atoms with van der Waals surface area (Å²) in [5.41, 5.74) is 5.55. The molecule has 1 saturated heterocycles. The van der Waals surface area contributed by atoms with E-state index in [9.17, 15) is 4.79 Å². The lowest BCUT2D eigenvalue weighted by atomic mass is 10.00. The minimum absolute atomic E-state index is 0. The fourth-order valence-electron chi connectivity index (χ4n) is 2.46. The molecule has 0 radical (unpaired) electrons. The SMILES string of the molecule is CC(N)CC(=O)NCC(C)(C)N1CC(C)OC(C)C1.Cl.Cl. The van der Waals surface area contributed by atoms with Crippen LogP contribution in [0, 0.1) is 0 Å². The van der Waals surface area contributed by atoms with Crippen LogP contribution in [0.3, 0.4) is 0 Å². The van der Waals surface area contributed by atoms with Gasteiger partial charge in [-0.2, -0.15) is 0 Å². The van der Waals surface area contributed by atoms with Gasteiger partial charge in [0.1, 0.15) is 0 Å². The van der Waals surface area contributed by atoms with Gasteiger partial charge in [-0.1, -0.05) is 0 Å². The number of hydrogen-bond acceptors (Lipinski definition) is 4. The van der Waals surface area contributed by atoms with Gasteiger partial charge in [0, 0.05) is 37.6 Å². The number of hydrogen-bond donors (Lipinski definition) is 2. The molecule has 0 aromatic rings. The summed E-state index contributed by atoms with van der Waals surface area (Å²) in [6.45, 7) is 12.8. The van der Waals surface area contributed by atoms with E-state index in [1.165, 1.54) is 0 Å². The number of nitrogens with one attached hydrogen (secondary N) is 1. The average molecular weight is 344 g/mol. The number of halogens is 2. The Morgan fingerprint density at radius 1 is 1.33 bits per heavy atom. The molecule has 5 nitrogen and oxygen atoms in total. The molecule has 1 aliphatic heterocycles. The molecule has 0 bridgehead atoms. The minimum atomic E-state index is -0.0912. The van der Waals surface area contributed by atoms with Crippen molar-refractivity contribution < 1.29 is 9.53 Å². The third-order valence-corrected chi connectivity index (χ3v) is 3.50. The van der Waals surface area contributed by atoms with E-state index >= 15 is 0 Å². The summed E-state index contributed by atoms with van der Waals surface area (Å²) in [7, 11) is 0. The molecule has 7 heteroatoms. The molecular formula is C14H31Cl2N3O2. The van der Waals surface area contributed by atoms with Crippen LogP contribution in [0.25, 0.3) is 0 Å². The Kier molecular flexibility index (Phi) is 10.9. The van der Waals surface area contributed by atoms with Crippen LogP contribution < -0.4 is 11.1 Å². The molecule has 3 atom stereocenters. The zero-order valence-corrected chi connectivity index (χ0v) is 15.4. The number of morpholine rings is 1. The highest BCUT2D eigenvalue weighted by molar-refractivity contribution is 5.85. The van der Waals surface area contributed by atoms with Gasteiger partial charge in [-0.3, -0.25) is 9.69 Å². The Morgan fingerprint density at radius 2 is 1.81 bits per heavy atom. The smallest absolute Gasteiger partial charge is 0.221 e. The van der Waals surface area contributed by atoms with Crippen LogP contribution in [0.2, 0.25) is 0 Å². The van der Waals surface area contributed by atoms with Gasteiger partial charge in [0.2, 0.25) is 5.91 Å². The summed E-state index contributed by atoms with van der Waals surface area (Å²) in [6.07, 6.45) is 0.858. The maximum Gasteiger partial charge on any atom is 0.221 e. The van der Waals surface area contributed by atoms with E-state index in [1.807, 2.05) is 6.92 Å². The second kappa shape index (κ2) is 9.85. The second-order valence-corrected chi connectivity index (χ2v) is 6.43. The van der Waals surface area contributed by atoms with Crippen LogP contribution in [0.15, 0.2) is 0 Å². The van der Waals surface area contributed by atoms with Crippen molar-refractivity contribution in [2.45, 2.75) is 64.8 Å². The number of nitrogens with zero attached hydrogens (tertiary/aromatic N) is 1. The summed E-state index contributed by atoms with van der Waals surface area (Å²) in [6, 6.07) is -0.0912. The van der Waals surface area contributed by atoms with E-state index in [0.717, 1.165) is 13.1 Å². The van der Waals surface area contributed by atoms with Crippen LogP contribution in [0.1, 0.15) is 41.0 Å². The third kappa shape index (κ3) is 8.21. The number of amides is 1. The van der Waals surface area contributed by atoms with Gasteiger partial charge in [0.05, 0.1) is 12.2 Å². The number of nitrogens with two attached hydrogens (primary N) is 1. The second-order valence-electron chi connectivity index (χ2n) is 6.43. The van der Waals surface area contributed by atoms with Crippen LogP contribution in [0.5, 0.6) is 0 Å². The fraction of sp³-hybridized carbons (Fsp3) is 0.929. The predicted molar refractivity (Wildman–Crippen MR) is 91.4 cm³/mol. The van der Waals surface area contributed by atoms with Gasteiger partial charge in [-0.15, -0.1) is 24.8 Å². The molecule has 0 aromatic carbocycles. The summed E-state index contributed by atoms with van der Waals surface area (Å²) in [5, 5.41) is 2.98. The van der Waals surface area contributed by atoms with E-state index in [4.69, 9.17) is 10.5 Å². The monoisotopic (exact) mass is 343 g/mol. The Morgan fingerprint density at radius 3 is 2.24 bits per heavy atom. The first-order chi connectivity index (χ1) is 8.70. The summed E-state index contributed by atoms with van der Waals surface area (Å²) in [4.78, 5) is 14.1. The van der Waals surface area contributed by atoms with Crippen molar-refractivity contribution >= 4 is 30.7 Å². The number of carbonyl (C=O) groups excluding carboxylic acids is 1. The van der Waals surface area contributed by atoms with Crippen molar-refractivity contribution in [3.63, 3.8) is 0 Å². The molecule has 1 aliphatic rings. The number of rotatable bonds is 5. The van der Waals surface area contributed by atoms with Crippen LogP contribution in [-0.4, -0.2) is 54.2 Å². The van der Waals surface area contributed by atoms with Gasteiger partial charge in [0.15, 0.2) is 0 Å². The van der Waals surface area contributed by atoms with Gasteiger partial charge in [0.25, 0.3) is 0 Å². The van der Waals surface area contributed by atoms with E-state index in [0.29, 0.717) is 13.0 Å². The molecule has 0 aromatic heterocycles. The third-order valence-electron chi connectivity index (χ3n) is 3.50. The topological polar surface area (TPSA) is 67.6 Å². The first kappa shape index (κ1) is 23.2. The quantitative estimate of drug-likeness (QED) is 0.795. The molecule has 3 unspecified atom stereocenters. The zero-order chi connectivity index (χ0) is 14.6. The Hall–Kier alpha value is -0.0700. The largest absolute Gasteiger partial charge is 0.373 e. The van der Waals surface area contributed by atoms with Gasteiger partial charge >= 0.3 is 0 Å². The Bertz CT molecular complexity index is 305. The van der Waals surface area contributed by atoms with E-state index in [1.54, 1.807) is 0 Å². The highest BCUT2D eigenvalue weighted by Crippen LogP contribution is 2.20. The molecule has 1 rings (SSSR count). The molecule has 1 amide bonds. The first-order valence-electron chi connectivity index (χ1n) is 7.13. The van der Waals surface area contributed by atoms with Crippen LogP contribution in [-0.2, 0) is 9.53 Å². The average Bonchev–Trinajstić information content (AvgIpc) is 2.24. The Labute approximate surface area is 141 Å². The molecule has 21 heavy (non-hydrogen) atoms. The highest BCUT2D eigenvalue weighted by atomic mass is 35.5. The van der Waals surface area contributed by atoms with E-state index in [-0.39, 0.29) is 54.5 Å². The van der Waals surface area contributed by atoms with E-state index in [2.05, 4.69) is 37.9 Å².